The molecule has 2 rings (SSSR count). The van der Waals surface area contributed by atoms with E-state index < -0.39 is 0 Å². The second kappa shape index (κ2) is 6.05. The topological polar surface area (TPSA) is 53.9 Å². The average molecular weight is 292 g/mol. The van der Waals surface area contributed by atoms with Gasteiger partial charge in [-0.15, -0.1) is 0 Å². The summed E-state index contributed by atoms with van der Waals surface area (Å²) in [6.45, 7) is 4.29. The Bertz CT molecular complexity index is 598. The van der Waals surface area contributed by atoms with E-state index in [1.165, 1.54) is 5.56 Å². The fraction of sp³-hybridized carbons (Fsp3) is 0.357. The summed E-state index contributed by atoms with van der Waals surface area (Å²) >= 11 is 5.93. The molecule has 0 saturated carbocycles. The summed E-state index contributed by atoms with van der Waals surface area (Å²) < 4.78 is 0. The first kappa shape index (κ1) is 14.5. The number of hydrogen-bond donors (Lipinski definition) is 1. The molecule has 0 amide bonds. The van der Waals surface area contributed by atoms with Crippen LogP contribution in [0.2, 0.25) is 5.28 Å². The van der Waals surface area contributed by atoms with E-state index in [9.17, 15) is 0 Å². The van der Waals surface area contributed by atoms with Crippen molar-refractivity contribution in [1.82, 2.24) is 15.0 Å². The third-order valence-corrected chi connectivity index (χ3v) is 2.99. The van der Waals surface area contributed by atoms with Crippen molar-refractivity contribution in [3.8, 4) is 0 Å². The summed E-state index contributed by atoms with van der Waals surface area (Å²) in [5, 5.41) is 3.39. The zero-order valence-corrected chi connectivity index (χ0v) is 12.8. The van der Waals surface area contributed by atoms with Crippen molar-refractivity contribution in [2.75, 3.05) is 24.3 Å². The molecule has 5 nitrogen and oxygen atoms in total. The van der Waals surface area contributed by atoms with Crippen LogP contribution in [0.1, 0.15) is 25.3 Å². The van der Waals surface area contributed by atoms with Gasteiger partial charge in [-0.2, -0.15) is 15.0 Å². The molecule has 1 aromatic heterocycles. The van der Waals surface area contributed by atoms with Gasteiger partial charge in [0.2, 0.25) is 17.2 Å². The first-order valence-electron chi connectivity index (χ1n) is 6.42. The average Bonchev–Trinajstić information content (AvgIpc) is 2.38. The lowest BCUT2D eigenvalue weighted by molar-refractivity contribution is 0.867. The highest BCUT2D eigenvalue weighted by Gasteiger charge is 2.10. The molecular formula is C14H18ClN5. The molecule has 1 N–H and O–H groups in total. The fourth-order valence-electron chi connectivity index (χ4n) is 1.83. The van der Waals surface area contributed by atoms with Crippen LogP contribution in [-0.4, -0.2) is 29.0 Å². The maximum atomic E-state index is 5.93. The van der Waals surface area contributed by atoms with Gasteiger partial charge < -0.3 is 10.2 Å². The zero-order chi connectivity index (χ0) is 14.7. The number of para-hydroxylation sites is 1. The van der Waals surface area contributed by atoms with Crippen LogP contribution in [0.4, 0.5) is 17.6 Å². The molecule has 1 heterocycles. The summed E-state index contributed by atoms with van der Waals surface area (Å²) in [7, 11) is 3.72. The molecule has 0 fully saturated rings. The third kappa shape index (κ3) is 3.36. The summed E-state index contributed by atoms with van der Waals surface area (Å²) in [6, 6.07) is 8.08. The van der Waals surface area contributed by atoms with Crippen molar-refractivity contribution in [2.45, 2.75) is 19.8 Å². The van der Waals surface area contributed by atoms with E-state index in [2.05, 4.69) is 40.2 Å². The van der Waals surface area contributed by atoms with E-state index >= 15 is 0 Å². The van der Waals surface area contributed by atoms with Crippen molar-refractivity contribution in [3.63, 3.8) is 0 Å². The number of nitrogens with one attached hydrogen (secondary N) is 1. The van der Waals surface area contributed by atoms with Gasteiger partial charge in [-0.1, -0.05) is 32.0 Å². The molecule has 0 atom stereocenters. The van der Waals surface area contributed by atoms with Crippen LogP contribution < -0.4 is 10.2 Å². The Hall–Kier alpha value is -1.88. The lowest BCUT2D eigenvalue weighted by Gasteiger charge is -2.15. The summed E-state index contributed by atoms with van der Waals surface area (Å²) in [6.07, 6.45) is 0. The Kier molecular flexibility index (Phi) is 4.39. The van der Waals surface area contributed by atoms with Crippen LogP contribution in [0.15, 0.2) is 24.3 Å². The minimum Gasteiger partial charge on any atom is -0.347 e. The van der Waals surface area contributed by atoms with E-state index in [1.807, 2.05) is 32.3 Å². The highest BCUT2D eigenvalue weighted by molar-refractivity contribution is 6.28. The zero-order valence-electron chi connectivity index (χ0n) is 12.1. The Morgan fingerprint density at radius 2 is 1.80 bits per heavy atom. The van der Waals surface area contributed by atoms with Crippen LogP contribution in [0, 0.1) is 0 Å². The number of hydrogen-bond acceptors (Lipinski definition) is 5. The van der Waals surface area contributed by atoms with Crippen molar-refractivity contribution >= 4 is 29.2 Å². The monoisotopic (exact) mass is 291 g/mol. The van der Waals surface area contributed by atoms with Crippen molar-refractivity contribution in [1.29, 1.82) is 0 Å². The molecule has 20 heavy (non-hydrogen) atoms. The lowest BCUT2D eigenvalue weighted by Crippen LogP contribution is -2.14. The van der Waals surface area contributed by atoms with Gasteiger partial charge in [0.05, 0.1) is 0 Å². The molecule has 0 aliphatic heterocycles. The molecule has 0 unspecified atom stereocenters. The maximum Gasteiger partial charge on any atom is 0.233 e. The normalized spacial score (nSPS) is 10.7. The van der Waals surface area contributed by atoms with Crippen LogP contribution >= 0.6 is 11.6 Å². The molecule has 0 saturated heterocycles. The first-order valence-corrected chi connectivity index (χ1v) is 6.80. The maximum absolute atomic E-state index is 5.93. The summed E-state index contributed by atoms with van der Waals surface area (Å²) in [5.41, 5.74) is 2.19. The molecule has 0 bridgehead atoms. The molecule has 106 valence electrons. The van der Waals surface area contributed by atoms with E-state index in [-0.39, 0.29) is 5.28 Å². The highest BCUT2D eigenvalue weighted by atomic mass is 35.5. The van der Waals surface area contributed by atoms with Crippen LogP contribution in [0.3, 0.4) is 0 Å². The minimum absolute atomic E-state index is 0.174. The number of aromatic nitrogens is 3. The number of rotatable bonds is 4. The van der Waals surface area contributed by atoms with Crippen molar-refractivity contribution in [3.05, 3.63) is 35.1 Å². The van der Waals surface area contributed by atoms with Gasteiger partial charge in [-0.3, -0.25) is 0 Å². The van der Waals surface area contributed by atoms with Gasteiger partial charge in [-0.25, -0.2) is 0 Å². The SMILES string of the molecule is CC(C)c1ccccc1Nc1nc(Cl)nc(N(C)C)n1. The molecule has 0 aliphatic carbocycles. The van der Waals surface area contributed by atoms with Crippen molar-refractivity contribution in [2.24, 2.45) is 0 Å². The second-order valence-electron chi connectivity index (χ2n) is 4.99. The number of halogens is 1. The van der Waals surface area contributed by atoms with Gasteiger partial charge in [-0.05, 0) is 29.1 Å². The van der Waals surface area contributed by atoms with Crippen LogP contribution in [0.5, 0.6) is 0 Å². The predicted molar refractivity (Wildman–Crippen MR) is 83.0 cm³/mol. The third-order valence-electron chi connectivity index (χ3n) is 2.83. The molecule has 1 aromatic carbocycles. The van der Waals surface area contributed by atoms with Gasteiger partial charge >= 0.3 is 0 Å². The van der Waals surface area contributed by atoms with E-state index in [0.29, 0.717) is 17.8 Å². The Morgan fingerprint density at radius 3 is 2.45 bits per heavy atom. The molecule has 6 heteroatoms. The minimum atomic E-state index is 0.174. The quantitative estimate of drug-likeness (QED) is 0.935. The Balaban J connectivity index is 2.35. The van der Waals surface area contributed by atoms with E-state index in [1.54, 1.807) is 4.90 Å². The van der Waals surface area contributed by atoms with Crippen LogP contribution in [-0.2, 0) is 0 Å². The fourth-order valence-corrected chi connectivity index (χ4v) is 1.99. The standard InChI is InChI=1S/C14H18ClN5/c1-9(2)10-7-5-6-8-11(10)16-13-17-12(15)18-14(19-13)20(3)4/h5-9H,1-4H3,(H,16,17,18,19). The summed E-state index contributed by atoms with van der Waals surface area (Å²) in [5.74, 6) is 1.38. The molecule has 0 radical (unpaired) electrons. The molecule has 0 aliphatic rings. The van der Waals surface area contributed by atoms with Gasteiger partial charge in [0.15, 0.2) is 0 Å². The smallest absolute Gasteiger partial charge is 0.233 e. The van der Waals surface area contributed by atoms with Gasteiger partial charge in [0.1, 0.15) is 0 Å². The summed E-state index contributed by atoms with van der Waals surface area (Å²) in [4.78, 5) is 14.3. The lowest BCUT2D eigenvalue weighted by atomic mass is 10.0. The highest BCUT2D eigenvalue weighted by Crippen LogP contribution is 2.26. The molecule has 2 aromatic rings. The largest absolute Gasteiger partial charge is 0.347 e. The molecular weight excluding hydrogens is 274 g/mol. The van der Waals surface area contributed by atoms with Crippen molar-refractivity contribution < 1.29 is 0 Å². The predicted octanol–water partition coefficient (Wildman–Crippen LogP) is 3.46. The van der Waals surface area contributed by atoms with Gasteiger partial charge in [0, 0.05) is 19.8 Å². The van der Waals surface area contributed by atoms with E-state index in [0.717, 1.165) is 5.69 Å². The second-order valence-corrected chi connectivity index (χ2v) is 5.33. The molecule has 0 spiro atoms. The van der Waals surface area contributed by atoms with Gasteiger partial charge in [0.25, 0.3) is 0 Å². The Morgan fingerprint density at radius 1 is 1.10 bits per heavy atom. The van der Waals surface area contributed by atoms with Crippen LogP contribution in [0.25, 0.3) is 0 Å². The Labute approximate surface area is 124 Å². The number of anilines is 3. The number of benzene rings is 1. The van der Waals surface area contributed by atoms with E-state index in [4.69, 9.17) is 11.6 Å². The first-order chi connectivity index (χ1) is 9.47. The number of nitrogens with zero attached hydrogens (tertiary/aromatic N) is 4.